The van der Waals surface area contributed by atoms with Gasteiger partial charge in [0.15, 0.2) is 0 Å². The fraction of sp³-hybridized carbons (Fsp3) is 0.769. The first kappa shape index (κ1) is 12.8. The molecule has 1 heterocycles. The van der Waals surface area contributed by atoms with Gasteiger partial charge in [-0.2, -0.15) is 11.8 Å². The lowest BCUT2D eigenvalue weighted by molar-refractivity contribution is 0.637. The van der Waals surface area contributed by atoms with Crippen molar-refractivity contribution in [3.8, 4) is 0 Å². The molecule has 0 amide bonds. The van der Waals surface area contributed by atoms with Gasteiger partial charge in [0.05, 0.1) is 10.4 Å². The number of nitrogens with two attached hydrogens (primary N) is 1. The fourth-order valence-corrected chi connectivity index (χ4v) is 3.24. The maximum absolute atomic E-state index is 6.31. The monoisotopic (exact) mass is 253 g/mol. The van der Waals surface area contributed by atoms with Gasteiger partial charge in [-0.25, -0.2) is 4.98 Å². The highest BCUT2D eigenvalue weighted by Crippen LogP contribution is 2.57. The van der Waals surface area contributed by atoms with Crippen molar-refractivity contribution in [3.05, 3.63) is 11.5 Å². The summed E-state index contributed by atoms with van der Waals surface area (Å²) in [6.45, 7) is 5.39. The number of imidazole rings is 1. The Bertz CT molecular complexity index is 394. The van der Waals surface area contributed by atoms with E-state index >= 15 is 0 Å². The molecule has 0 saturated heterocycles. The van der Waals surface area contributed by atoms with Crippen LogP contribution in [0.15, 0.2) is 0 Å². The molecule has 1 aliphatic rings. The number of hydrogen-bond acceptors (Lipinski definition) is 3. The van der Waals surface area contributed by atoms with Crippen molar-refractivity contribution in [3.63, 3.8) is 0 Å². The topological polar surface area (TPSA) is 43.8 Å². The van der Waals surface area contributed by atoms with Gasteiger partial charge >= 0.3 is 0 Å². The molecular weight excluding hydrogens is 230 g/mol. The van der Waals surface area contributed by atoms with E-state index in [0.29, 0.717) is 0 Å². The van der Waals surface area contributed by atoms with Gasteiger partial charge in [-0.15, -0.1) is 0 Å². The van der Waals surface area contributed by atoms with E-state index in [1.165, 1.54) is 18.7 Å². The van der Waals surface area contributed by atoms with Crippen LogP contribution in [-0.4, -0.2) is 15.8 Å². The summed E-state index contributed by atoms with van der Waals surface area (Å²) in [6, 6.07) is 0. The van der Waals surface area contributed by atoms with E-state index in [4.69, 9.17) is 10.7 Å². The zero-order valence-electron chi connectivity index (χ0n) is 11.1. The fourth-order valence-electron chi connectivity index (χ4n) is 2.39. The third kappa shape index (κ3) is 2.19. The first-order chi connectivity index (χ1) is 8.18. The standard InChI is InChI=1S/C13H23N3S/c1-4-6-10-15-11(13(17-3)7-8-13)12(14)16(10)9-5-2/h4-9,14H2,1-3H3. The molecule has 17 heavy (non-hydrogen) atoms. The Kier molecular flexibility index (Phi) is 3.71. The van der Waals surface area contributed by atoms with Crippen LogP contribution in [0.25, 0.3) is 0 Å². The van der Waals surface area contributed by atoms with Gasteiger partial charge in [0.2, 0.25) is 0 Å². The molecule has 0 aliphatic heterocycles. The Morgan fingerprint density at radius 3 is 2.53 bits per heavy atom. The Labute approximate surface area is 108 Å². The minimum Gasteiger partial charge on any atom is -0.383 e. The van der Waals surface area contributed by atoms with Gasteiger partial charge < -0.3 is 10.3 Å². The normalized spacial score (nSPS) is 17.4. The molecule has 0 aromatic carbocycles. The first-order valence-corrected chi connectivity index (χ1v) is 7.81. The number of anilines is 1. The zero-order chi connectivity index (χ0) is 12.5. The average molecular weight is 253 g/mol. The lowest BCUT2D eigenvalue weighted by Gasteiger charge is -2.11. The summed E-state index contributed by atoms with van der Waals surface area (Å²) in [4.78, 5) is 4.84. The molecule has 2 N–H and O–H groups in total. The maximum Gasteiger partial charge on any atom is 0.128 e. The lowest BCUT2D eigenvalue weighted by atomic mass is 10.3. The van der Waals surface area contributed by atoms with Crippen molar-refractivity contribution < 1.29 is 0 Å². The van der Waals surface area contributed by atoms with E-state index in [9.17, 15) is 0 Å². The summed E-state index contributed by atoms with van der Waals surface area (Å²) >= 11 is 1.91. The molecule has 2 rings (SSSR count). The quantitative estimate of drug-likeness (QED) is 0.847. The van der Waals surface area contributed by atoms with Gasteiger partial charge in [0.25, 0.3) is 0 Å². The second-order valence-electron chi connectivity index (χ2n) is 4.86. The third-order valence-corrected chi connectivity index (χ3v) is 4.92. The third-order valence-electron chi connectivity index (χ3n) is 3.53. The molecule has 1 fully saturated rings. The van der Waals surface area contributed by atoms with Gasteiger partial charge in [-0.3, -0.25) is 0 Å². The molecule has 1 aliphatic carbocycles. The number of nitrogen functional groups attached to an aromatic ring is 1. The van der Waals surface area contributed by atoms with Crippen LogP contribution in [0.2, 0.25) is 0 Å². The molecule has 1 saturated carbocycles. The van der Waals surface area contributed by atoms with Gasteiger partial charge in [0.1, 0.15) is 11.6 Å². The molecule has 0 atom stereocenters. The van der Waals surface area contributed by atoms with Crippen LogP contribution in [0.3, 0.4) is 0 Å². The molecule has 0 unspecified atom stereocenters. The van der Waals surface area contributed by atoms with E-state index < -0.39 is 0 Å². The van der Waals surface area contributed by atoms with E-state index in [1.54, 1.807) is 0 Å². The molecule has 96 valence electrons. The number of nitrogens with zero attached hydrogens (tertiary/aromatic N) is 2. The number of hydrogen-bond donors (Lipinski definition) is 1. The highest BCUT2D eigenvalue weighted by Gasteiger charge is 2.47. The largest absolute Gasteiger partial charge is 0.383 e. The van der Waals surface area contributed by atoms with Gasteiger partial charge in [-0.05, 0) is 31.9 Å². The van der Waals surface area contributed by atoms with Gasteiger partial charge in [-0.1, -0.05) is 13.8 Å². The van der Waals surface area contributed by atoms with E-state index in [2.05, 4.69) is 24.7 Å². The SMILES string of the molecule is CCCc1nc(C2(SC)CC2)c(N)n1CCC. The average Bonchev–Trinajstić information content (AvgIpc) is 3.06. The highest BCUT2D eigenvalue weighted by molar-refractivity contribution is 7.99. The van der Waals surface area contributed by atoms with Crippen molar-refractivity contribution in [2.45, 2.75) is 57.2 Å². The summed E-state index contributed by atoms with van der Waals surface area (Å²) in [5.74, 6) is 2.10. The highest BCUT2D eigenvalue weighted by atomic mass is 32.2. The number of aromatic nitrogens is 2. The van der Waals surface area contributed by atoms with E-state index in [1.807, 2.05) is 11.8 Å². The zero-order valence-corrected chi connectivity index (χ0v) is 11.9. The van der Waals surface area contributed by atoms with Crippen LogP contribution in [0.5, 0.6) is 0 Å². The van der Waals surface area contributed by atoms with Crippen LogP contribution in [0, 0.1) is 0 Å². The molecule has 0 spiro atoms. The molecule has 1 aromatic rings. The van der Waals surface area contributed by atoms with Crippen molar-refractivity contribution >= 4 is 17.6 Å². The van der Waals surface area contributed by atoms with Gasteiger partial charge in [0, 0.05) is 13.0 Å². The van der Waals surface area contributed by atoms with Crippen LogP contribution >= 0.6 is 11.8 Å². The minimum absolute atomic E-state index is 0.242. The lowest BCUT2D eigenvalue weighted by Crippen LogP contribution is -2.09. The predicted octanol–water partition coefficient (Wildman–Crippen LogP) is 3.18. The summed E-state index contributed by atoms with van der Waals surface area (Å²) in [6.07, 6.45) is 7.91. The summed E-state index contributed by atoms with van der Waals surface area (Å²) in [7, 11) is 0. The van der Waals surface area contributed by atoms with Crippen LogP contribution < -0.4 is 5.73 Å². The van der Waals surface area contributed by atoms with Crippen LogP contribution in [0.1, 0.15) is 51.0 Å². The number of rotatable bonds is 6. The number of aryl methyl sites for hydroxylation is 1. The molecule has 0 radical (unpaired) electrons. The number of thioether (sulfide) groups is 1. The Morgan fingerprint density at radius 1 is 1.35 bits per heavy atom. The van der Waals surface area contributed by atoms with Crippen molar-refractivity contribution in [1.82, 2.24) is 9.55 Å². The maximum atomic E-state index is 6.31. The second kappa shape index (κ2) is 4.92. The molecule has 0 bridgehead atoms. The first-order valence-electron chi connectivity index (χ1n) is 6.59. The van der Waals surface area contributed by atoms with Crippen LogP contribution in [-0.2, 0) is 17.7 Å². The molecule has 4 heteroatoms. The van der Waals surface area contributed by atoms with Crippen molar-refractivity contribution in [1.29, 1.82) is 0 Å². The smallest absolute Gasteiger partial charge is 0.128 e. The van der Waals surface area contributed by atoms with Crippen LogP contribution in [0.4, 0.5) is 5.82 Å². The Morgan fingerprint density at radius 2 is 2.06 bits per heavy atom. The molecule has 1 aromatic heterocycles. The van der Waals surface area contributed by atoms with Crippen molar-refractivity contribution in [2.75, 3.05) is 12.0 Å². The molecular formula is C13H23N3S. The van der Waals surface area contributed by atoms with E-state index in [-0.39, 0.29) is 4.75 Å². The second-order valence-corrected chi connectivity index (χ2v) is 6.05. The summed E-state index contributed by atoms with van der Waals surface area (Å²) in [5.41, 5.74) is 7.46. The Balaban J connectivity index is 2.37. The summed E-state index contributed by atoms with van der Waals surface area (Å²) in [5, 5.41) is 0. The summed E-state index contributed by atoms with van der Waals surface area (Å²) < 4.78 is 2.47. The predicted molar refractivity (Wildman–Crippen MR) is 75.4 cm³/mol. The Hall–Kier alpha value is -0.640. The van der Waals surface area contributed by atoms with E-state index in [0.717, 1.165) is 37.3 Å². The van der Waals surface area contributed by atoms with Crippen molar-refractivity contribution in [2.24, 2.45) is 0 Å². The molecule has 3 nitrogen and oxygen atoms in total. The minimum atomic E-state index is 0.242.